The molecule has 2 aliphatic heterocycles. The van der Waals surface area contributed by atoms with Crippen LogP contribution in [0.5, 0.6) is 0 Å². The van der Waals surface area contributed by atoms with Gasteiger partial charge in [-0.05, 0) is 42.7 Å². The van der Waals surface area contributed by atoms with Gasteiger partial charge in [-0.1, -0.05) is 6.92 Å². The van der Waals surface area contributed by atoms with Crippen molar-refractivity contribution >= 4 is 17.7 Å². The Morgan fingerprint density at radius 2 is 2.40 bits per heavy atom. The zero-order chi connectivity index (χ0) is 10.7. The summed E-state index contributed by atoms with van der Waals surface area (Å²) in [5.41, 5.74) is 0. The van der Waals surface area contributed by atoms with E-state index in [4.69, 9.17) is 0 Å². The number of hydrogen-bond donors (Lipinski definition) is 2. The Hall–Kier alpha value is -0.220. The first-order valence-electron chi connectivity index (χ1n) is 5.86. The molecule has 0 aromatic heterocycles. The third kappa shape index (κ3) is 2.88. The van der Waals surface area contributed by atoms with Gasteiger partial charge in [0.25, 0.3) is 0 Å². The van der Waals surface area contributed by atoms with Crippen LogP contribution in [-0.4, -0.2) is 36.5 Å². The Morgan fingerprint density at radius 3 is 3.00 bits per heavy atom. The molecule has 4 heteroatoms. The molecular weight excluding hydrogens is 208 g/mol. The Bertz CT molecular complexity index is 229. The molecule has 3 atom stereocenters. The van der Waals surface area contributed by atoms with E-state index in [1.165, 1.54) is 17.9 Å². The lowest BCUT2D eigenvalue weighted by molar-refractivity contribution is -0.123. The molecule has 3 nitrogen and oxygen atoms in total. The van der Waals surface area contributed by atoms with Gasteiger partial charge in [-0.2, -0.15) is 11.8 Å². The standard InChI is InChI=1S/C11H20N2OS/c1-8-2-4-12-10(8)11(14)13-6-9-3-5-15-7-9/h8-10,12H,2-7H2,1H3,(H,13,14). The number of rotatable bonds is 3. The smallest absolute Gasteiger partial charge is 0.237 e. The number of carbonyl (C=O) groups is 1. The molecule has 2 heterocycles. The van der Waals surface area contributed by atoms with Crippen molar-refractivity contribution in [2.24, 2.45) is 11.8 Å². The van der Waals surface area contributed by atoms with Crippen LogP contribution in [0.2, 0.25) is 0 Å². The van der Waals surface area contributed by atoms with E-state index in [2.05, 4.69) is 17.6 Å². The number of hydrogen-bond acceptors (Lipinski definition) is 3. The van der Waals surface area contributed by atoms with Gasteiger partial charge in [0.15, 0.2) is 0 Å². The van der Waals surface area contributed by atoms with Crippen LogP contribution in [0.3, 0.4) is 0 Å². The van der Waals surface area contributed by atoms with Gasteiger partial charge in [0, 0.05) is 6.54 Å². The van der Waals surface area contributed by atoms with Gasteiger partial charge in [-0.3, -0.25) is 4.79 Å². The molecule has 0 bridgehead atoms. The Labute approximate surface area is 95.8 Å². The molecule has 3 unspecified atom stereocenters. The van der Waals surface area contributed by atoms with Gasteiger partial charge in [-0.15, -0.1) is 0 Å². The van der Waals surface area contributed by atoms with Crippen LogP contribution in [-0.2, 0) is 4.79 Å². The molecule has 15 heavy (non-hydrogen) atoms. The lowest BCUT2D eigenvalue weighted by Crippen LogP contribution is -2.44. The molecule has 2 saturated heterocycles. The normalized spacial score (nSPS) is 35.7. The summed E-state index contributed by atoms with van der Waals surface area (Å²) in [5.74, 6) is 3.88. The molecule has 0 radical (unpaired) electrons. The number of amides is 1. The molecule has 1 amide bonds. The average molecular weight is 228 g/mol. The minimum atomic E-state index is 0.0547. The van der Waals surface area contributed by atoms with Crippen LogP contribution >= 0.6 is 11.8 Å². The van der Waals surface area contributed by atoms with Crippen molar-refractivity contribution in [3.05, 3.63) is 0 Å². The highest BCUT2D eigenvalue weighted by atomic mass is 32.2. The highest BCUT2D eigenvalue weighted by molar-refractivity contribution is 7.99. The summed E-state index contributed by atoms with van der Waals surface area (Å²) in [7, 11) is 0. The van der Waals surface area contributed by atoms with Crippen molar-refractivity contribution in [2.45, 2.75) is 25.8 Å². The summed E-state index contributed by atoms with van der Waals surface area (Å²) in [5, 5.41) is 6.35. The lowest BCUT2D eigenvalue weighted by Gasteiger charge is -2.17. The van der Waals surface area contributed by atoms with Crippen molar-refractivity contribution in [3.63, 3.8) is 0 Å². The minimum absolute atomic E-state index is 0.0547. The van der Waals surface area contributed by atoms with E-state index < -0.39 is 0 Å². The van der Waals surface area contributed by atoms with E-state index in [0.717, 1.165) is 19.5 Å². The topological polar surface area (TPSA) is 41.1 Å². The molecule has 86 valence electrons. The quantitative estimate of drug-likeness (QED) is 0.752. The third-order valence-electron chi connectivity index (χ3n) is 3.40. The van der Waals surface area contributed by atoms with Crippen LogP contribution in [0.1, 0.15) is 19.8 Å². The second-order valence-corrected chi connectivity index (χ2v) is 5.82. The second-order valence-electron chi connectivity index (χ2n) is 4.67. The van der Waals surface area contributed by atoms with Gasteiger partial charge in [-0.25, -0.2) is 0 Å². The first-order valence-corrected chi connectivity index (χ1v) is 7.01. The molecule has 0 aliphatic carbocycles. The fraction of sp³-hybridized carbons (Fsp3) is 0.909. The van der Waals surface area contributed by atoms with Gasteiger partial charge in [0.2, 0.25) is 5.91 Å². The predicted octanol–water partition coefficient (Wildman–Crippen LogP) is 0.854. The molecule has 0 aromatic rings. The molecule has 0 saturated carbocycles. The van der Waals surface area contributed by atoms with Gasteiger partial charge in [0.1, 0.15) is 0 Å². The molecule has 0 aromatic carbocycles. The van der Waals surface area contributed by atoms with Crippen LogP contribution in [0.15, 0.2) is 0 Å². The molecule has 0 spiro atoms. The lowest BCUT2D eigenvalue weighted by atomic mass is 10.0. The summed E-state index contributed by atoms with van der Waals surface area (Å²) in [6.45, 7) is 4.00. The van der Waals surface area contributed by atoms with Gasteiger partial charge in [0.05, 0.1) is 6.04 Å². The minimum Gasteiger partial charge on any atom is -0.354 e. The highest BCUT2D eigenvalue weighted by Gasteiger charge is 2.29. The molecule has 2 aliphatic rings. The summed E-state index contributed by atoms with van der Waals surface area (Å²) >= 11 is 2.00. The Morgan fingerprint density at radius 1 is 1.53 bits per heavy atom. The SMILES string of the molecule is CC1CCNC1C(=O)NCC1CCSC1. The summed E-state index contributed by atoms with van der Waals surface area (Å²) in [4.78, 5) is 11.8. The largest absolute Gasteiger partial charge is 0.354 e. The average Bonchev–Trinajstić information content (AvgIpc) is 2.84. The fourth-order valence-electron chi connectivity index (χ4n) is 2.28. The zero-order valence-corrected chi connectivity index (χ0v) is 10.1. The molecular formula is C11H20N2OS. The second kappa shape index (κ2) is 5.21. The maximum Gasteiger partial charge on any atom is 0.237 e. The number of carbonyl (C=O) groups excluding carboxylic acids is 1. The number of thioether (sulfide) groups is 1. The van der Waals surface area contributed by atoms with E-state index in [9.17, 15) is 4.79 Å². The highest BCUT2D eigenvalue weighted by Crippen LogP contribution is 2.22. The van der Waals surface area contributed by atoms with Crippen molar-refractivity contribution in [1.82, 2.24) is 10.6 Å². The van der Waals surface area contributed by atoms with Gasteiger partial charge < -0.3 is 10.6 Å². The van der Waals surface area contributed by atoms with Crippen LogP contribution in [0, 0.1) is 11.8 Å². The van der Waals surface area contributed by atoms with Gasteiger partial charge >= 0.3 is 0 Å². The Balaban J connectivity index is 1.71. The van der Waals surface area contributed by atoms with E-state index in [-0.39, 0.29) is 11.9 Å². The summed E-state index contributed by atoms with van der Waals surface area (Å²) in [6, 6.07) is 0.0547. The van der Waals surface area contributed by atoms with Crippen molar-refractivity contribution < 1.29 is 4.79 Å². The van der Waals surface area contributed by atoms with E-state index >= 15 is 0 Å². The monoisotopic (exact) mass is 228 g/mol. The van der Waals surface area contributed by atoms with Crippen molar-refractivity contribution in [2.75, 3.05) is 24.6 Å². The molecule has 2 rings (SSSR count). The van der Waals surface area contributed by atoms with Crippen LogP contribution < -0.4 is 10.6 Å². The zero-order valence-electron chi connectivity index (χ0n) is 9.29. The molecule has 2 N–H and O–H groups in total. The summed E-state index contributed by atoms with van der Waals surface area (Å²) < 4.78 is 0. The first-order chi connectivity index (χ1) is 7.27. The first kappa shape index (κ1) is 11.3. The maximum absolute atomic E-state index is 11.8. The molecule has 2 fully saturated rings. The summed E-state index contributed by atoms with van der Waals surface area (Å²) in [6.07, 6.45) is 2.38. The van der Waals surface area contributed by atoms with E-state index in [1.54, 1.807) is 0 Å². The van der Waals surface area contributed by atoms with E-state index in [1.807, 2.05) is 11.8 Å². The van der Waals surface area contributed by atoms with Crippen molar-refractivity contribution in [1.29, 1.82) is 0 Å². The van der Waals surface area contributed by atoms with Crippen LogP contribution in [0.25, 0.3) is 0 Å². The Kier molecular flexibility index (Phi) is 3.92. The van der Waals surface area contributed by atoms with E-state index in [0.29, 0.717) is 11.8 Å². The third-order valence-corrected chi connectivity index (χ3v) is 4.64. The maximum atomic E-state index is 11.8. The van der Waals surface area contributed by atoms with Crippen LogP contribution in [0.4, 0.5) is 0 Å². The number of nitrogens with one attached hydrogen (secondary N) is 2. The fourth-order valence-corrected chi connectivity index (χ4v) is 3.57. The van der Waals surface area contributed by atoms with Crippen molar-refractivity contribution in [3.8, 4) is 0 Å². The predicted molar refractivity (Wildman–Crippen MR) is 64.0 cm³/mol.